The zero-order valence-electron chi connectivity index (χ0n) is 23.1. The Kier molecular flexibility index (Phi) is 11.8. The monoisotopic (exact) mass is 484 g/mol. The van der Waals surface area contributed by atoms with Gasteiger partial charge in [-0.2, -0.15) is 0 Å². The van der Waals surface area contributed by atoms with Gasteiger partial charge in [0.2, 0.25) is 0 Å². The molecule has 0 bridgehead atoms. The van der Waals surface area contributed by atoms with E-state index in [0.29, 0.717) is 11.8 Å². The Morgan fingerprint density at radius 3 is 1.86 bits per heavy atom. The van der Waals surface area contributed by atoms with Crippen LogP contribution in [0.15, 0.2) is 72.8 Å². The van der Waals surface area contributed by atoms with E-state index in [1.54, 1.807) is 0 Å². The molecule has 0 aromatic heterocycles. The summed E-state index contributed by atoms with van der Waals surface area (Å²) in [5.41, 5.74) is 6.92. The highest BCUT2D eigenvalue weighted by Crippen LogP contribution is 2.24. The van der Waals surface area contributed by atoms with Crippen molar-refractivity contribution >= 4 is 10.8 Å². The molecule has 1 N–H and O–H groups in total. The van der Waals surface area contributed by atoms with Gasteiger partial charge in [0.1, 0.15) is 0 Å². The molecule has 1 nitrogen and oxygen atoms in total. The molecule has 2 unspecified atom stereocenters. The Balaban J connectivity index is 1.50. The highest BCUT2D eigenvalue weighted by Gasteiger charge is 2.13. The van der Waals surface area contributed by atoms with E-state index in [1.165, 1.54) is 77.1 Å². The molecule has 36 heavy (non-hydrogen) atoms. The van der Waals surface area contributed by atoms with Crippen molar-refractivity contribution in [3.63, 3.8) is 0 Å². The summed E-state index contributed by atoms with van der Waals surface area (Å²) in [5, 5.41) is 12.4. The molecule has 0 aliphatic heterocycles. The predicted octanol–water partition coefficient (Wildman–Crippen LogP) is 9.28. The molecule has 3 aromatic rings. The lowest BCUT2D eigenvalue weighted by atomic mass is 9.87. The molecule has 0 amide bonds. The third-order valence-electron chi connectivity index (χ3n) is 7.74. The minimum atomic E-state index is 0.273. The van der Waals surface area contributed by atoms with Gasteiger partial charge in [0.15, 0.2) is 0 Å². The number of hydrogen-bond donors (Lipinski definition) is 1. The van der Waals surface area contributed by atoms with Crippen LogP contribution >= 0.6 is 0 Å². The molecule has 0 spiro atoms. The fraction of sp³-hybridized carbons (Fsp3) is 0.486. The Bertz CT molecular complexity index is 1060. The SMILES string of the molecule is C=C(C)CC(CO)CCC(CC)Cc1ccc(CCc2ccc3cc(CCCCC)ccc3c2)cc1. The quantitative estimate of drug-likeness (QED) is 0.159. The second-order valence-corrected chi connectivity index (χ2v) is 11.1. The summed E-state index contributed by atoms with van der Waals surface area (Å²) < 4.78 is 0. The van der Waals surface area contributed by atoms with Gasteiger partial charge in [-0.15, -0.1) is 6.58 Å². The molecule has 3 rings (SSSR count). The Labute approximate surface area is 220 Å². The lowest BCUT2D eigenvalue weighted by molar-refractivity contribution is 0.208. The van der Waals surface area contributed by atoms with E-state index in [1.807, 2.05) is 0 Å². The number of hydrogen-bond acceptors (Lipinski definition) is 1. The maximum atomic E-state index is 9.67. The summed E-state index contributed by atoms with van der Waals surface area (Å²) in [7, 11) is 0. The van der Waals surface area contributed by atoms with Gasteiger partial charge in [0.25, 0.3) is 0 Å². The van der Waals surface area contributed by atoms with Gasteiger partial charge in [-0.05, 0) is 103 Å². The number of aliphatic hydroxyl groups is 1. The summed E-state index contributed by atoms with van der Waals surface area (Å²) in [6, 6.07) is 23.3. The molecule has 2 atom stereocenters. The minimum Gasteiger partial charge on any atom is -0.396 e. The van der Waals surface area contributed by atoms with E-state index in [4.69, 9.17) is 0 Å². The molecular weight excluding hydrogens is 436 g/mol. The van der Waals surface area contributed by atoms with Crippen molar-refractivity contribution in [2.45, 2.75) is 91.4 Å². The van der Waals surface area contributed by atoms with Gasteiger partial charge < -0.3 is 5.11 Å². The van der Waals surface area contributed by atoms with Crippen molar-refractivity contribution in [3.05, 3.63) is 95.1 Å². The van der Waals surface area contributed by atoms with Crippen molar-refractivity contribution in [1.82, 2.24) is 0 Å². The summed E-state index contributed by atoms with van der Waals surface area (Å²) in [6.07, 6.45) is 12.8. The molecule has 0 aliphatic carbocycles. The van der Waals surface area contributed by atoms with E-state index >= 15 is 0 Å². The van der Waals surface area contributed by atoms with Gasteiger partial charge in [0, 0.05) is 6.61 Å². The standard InChI is InChI=1S/C35H48O/c1-5-7-8-9-30-18-20-35-25-32(19-21-34(35)24-30)16-13-29-11-14-31(15-12-29)23-28(6-2)10-17-33(26-36)22-27(3)4/h11-12,14-15,18-21,24-25,28,33,36H,3,5-10,13,16-17,22-23,26H2,1-2,4H3. The van der Waals surface area contributed by atoms with E-state index < -0.39 is 0 Å². The Morgan fingerprint density at radius 2 is 1.28 bits per heavy atom. The highest BCUT2D eigenvalue weighted by atomic mass is 16.3. The molecule has 1 heteroatoms. The second-order valence-electron chi connectivity index (χ2n) is 11.1. The van der Waals surface area contributed by atoms with Crippen molar-refractivity contribution in [1.29, 1.82) is 0 Å². The second kappa shape index (κ2) is 15.0. The van der Waals surface area contributed by atoms with Crippen LogP contribution in [0, 0.1) is 11.8 Å². The van der Waals surface area contributed by atoms with Crippen LogP contribution in [0.1, 0.15) is 88.0 Å². The van der Waals surface area contributed by atoms with E-state index in [0.717, 1.165) is 32.1 Å². The number of rotatable bonds is 16. The van der Waals surface area contributed by atoms with Crippen LogP contribution in [0.4, 0.5) is 0 Å². The summed E-state index contributed by atoms with van der Waals surface area (Å²) in [4.78, 5) is 0. The predicted molar refractivity (Wildman–Crippen MR) is 158 cm³/mol. The zero-order chi connectivity index (χ0) is 25.8. The number of fused-ring (bicyclic) bond motifs is 1. The van der Waals surface area contributed by atoms with Gasteiger partial charge in [-0.25, -0.2) is 0 Å². The minimum absolute atomic E-state index is 0.273. The molecule has 0 saturated carbocycles. The van der Waals surface area contributed by atoms with Gasteiger partial charge in [0.05, 0.1) is 0 Å². The topological polar surface area (TPSA) is 20.2 Å². The number of aliphatic hydroxyl groups excluding tert-OH is 1. The number of benzene rings is 3. The average molecular weight is 485 g/mol. The van der Waals surface area contributed by atoms with Crippen molar-refractivity contribution in [3.8, 4) is 0 Å². The average Bonchev–Trinajstić information content (AvgIpc) is 2.89. The van der Waals surface area contributed by atoms with Gasteiger partial charge in [-0.1, -0.05) is 99.3 Å². The van der Waals surface area contributed by atoms with Crippen molar-refractivity contribution in [2.24, 2.45) is 11.8 Å². The molecule has 3 aromatic carbocycles. The first-order chi connectivity index (χ1) is 17.5. The lowest BCUT2D eigenvalue weighted by Crippen LogP contribution is -2.11. The number of aryl methyl sites for hydroxylation is 3. The van der Waals surface area contributed by atoms with Crippen LogP contribution in [0.3, 0.4) is 0 Å². The first-order valence-corrected chi connectivity index (χ1v) is 14.3. The molecule has 0 aliphatic rings. The van der Waals surface area contributed by atoms with Crippen molar-refractivity contribution in [2.75, 3.05) is 6.61 Å². The zero-order valence-corrected chi connectivity index (χ0v) is 23.1. The third kappa shape index (κ3) is 9.25. The summed E-state index contributed by atoms with van der Waals surface area (Å²) >= 11 is 0. The molecular formula is C35H48O. The number of unbranched alkanes of at least 4 members (excludes halogenated alkanes) is 2. The third-order valence-corrected chi connectivity index (χ3v) is 7.74. The van der Waals surface area contributed by atoms with Crippen molar-refractivity contribution < 1.29 is 5.11 Å². The van der Waals surface area contributed by atoms with Crippen LogP contribution in [0.2, 0.25) is 0 Å². The maximum absolute atomic E-state index is 9.67. The first-order valence-electron chi connectivity index (χ1n) is 14.3. The molecule has 0 radical (unpaired) electrons. The van der Waals surface area contributed by atoms with Crippen LogP contribution in [0.25, 0.3) is 10.8 Å². The maximum Gasteiger partial charge on any atom is 0.0462 e. The highest BCUT2D eigenvalue weighted by molar-refractivity contribution is 5.83. The fourth-order valence-corrected chi connectivity index (χ4v) is 5.37. The van der Waals surface area contributed by atoms with E-state index in [-0.39, 0.29) is 6.61 Å². The Hall–Kier alpha value is -2.38. The van der Waals surface area contributed by atoms with E-state index in [2.05, 4.69) is 88.0 Å². The van der Waals surface area contributed by atoms with Crippen LogP contribution in [0.5, 0.6) is 0 Å². The smallest absolute Gasteiger partial charge is 0.0462 e. The molecule has 194 valence electrons. The largest absolute Gasteiger partial charge is 0.396 e. The number of allylic oxidation sites excluding steroid dienone is 1. The van der Waals surface area contributed by atoms with E-state index in [9.17, 15) is 5.11 Å². The Morgan fingerprint density at radius 1 is 0.722 bits per heavy atom. The summed E-state index contributed by atoms with van der Waals surface area (Å²) in [6.45, 7) is 10.9. The van der Waals surface area contributed by atoms with Crippen LogP contribution in [-0.2, 0) is 25.7 Å². The lowest BCUT2D eigenvalue weighted by Gasteiger charge is -2.19. The van der Waals surface area contributed by atoms with Gasteiger partial charge in [-0.3, -0.25) is 0 Å². The molecule has 0 fully saturated rings. The first kappa shape index (κ1) is 28.2. The fourth-order valence-electron chi connectivity index (χ4n) is 5.37. The summed E-state index contributed by atoms with van der Waals surface area (Å²) in [5.74, 6) is 1.04. The van der Waals surface area contributed by atoms with Crippen LogP contribution < -0.4 is 0 Å². The molecule has 0 heterocycles. The normalized spacial score (nSPS) is 13.1. The van der Waals surface area contributed by atoms with Gasteiger partial charge >= 0.3 is 0 Å². The van der Waals surface area contributed by atoms with Crippen LogP contribution in [-0.4, -0.2) is 11.7 Å². The molecule has 0 saturated heterocycles.